The average molecular weight is 428 g/mol. The lowest BCUT2D eigenvalue weighted by Gasteiger charge is -2.05. The van der Waals surface area contributed by atoms with E-state index in [1.807, 2.05) is 59.1 Å². The fraction of sp³-hybridized carbons (Fsp3) is 0.476. The summed E-state index contributed by atoms with van der Waals surface area (Å²) in [4.78, 5) is 5.54. The normalized spacial score (nSPS) is 11.6. The van der Waals surface area contributed by atoms with Crippen molar-refractivity contribution in [2.75, 3.05) is 6.61 Å². The molecule has 0 saturated carbocycles. The van der Waals surface area contributed by atoms with Gasteiger partial charge >= 0.3 is 0 Å². The van der Waals surface area contributed by atoms with Gasteiger partial charge in [-0.3, -0.25) is 4.18 Å². The second kappa shape index (κ2) is 14.3. The lowest BCUT2D eigenvalue weighted by molar-refractivity contribution is 0.325. The van der Waals surface area contributed by atoms with Crippen molar-refractivity contribution in [1.29, 1.82) is 0 Å². The topological polar surface area (TPSA) is 69.4 Å². The van der Waals surface area contributed by atoms with Gasteiger partial charge in [0.05, 0.1) is 22.1 Å². The van der Waals surface area contributed by atoms with Crippen molar-refractivity contribution in [3.05, 3.63) is 52.1 Å². The van der Waals surface area contributed by atoms with Crippen LogP contribution in [0.5, 0.6) is 0 Å². The van der Waals surface area contributed by atoms with Crippen LogP contribution >= 0.6 is 11.3 Å². The summed E-state index contributed by atoms with van der Waals surface area (Å²) < 4.78 is 35.0. The largest absolute Gasteiger partial charge is 0.440 e. The van der Waals surface area contributed by atoms with Crippen molar-refractivity contribution in [3.63, 3.8) is 0 Å². The van der Waals surface area contributed by atoms with E-state index in [2.05, 4.69) is 4.98 Å². The highest BCUT2D eigenvalue weighted by molar-refractivity contribution is 7.90. The van der Waals surface area contributed by atoms with E-state index >= 15 is 0 Å². The Balaban J connectivity index is 0.00000171. The van der Waals surface area contributed by atoms with Crippen LogP contribution < -0.4 is 0 Å². The Kier molecular flexibility index (Phi) is 13.5. The first-order valence-electron chi connectivity index (χ1n) is 9.70. The van der Waals surface area contributed by atoms with E-state index in [1.54, 1.807) is 30.4 Å². The van der Waals surface area contributed by atoms with Crippen LogP contribution in [0.1, 0.15) is 59.4 Å². The van der Waals surface area contributed by atoms with E-state index in [9.17, 15) is 8.42 Å². The van der Waals surface area contributed by atoms with Crippen LogP contribution in [-0.4, -0.2) is 20.0 Å². The highest BCUT2D eigenvalue weighted by atomic mass is 32.2. The van der Waals surface area contributed by atoms with Gasteiger partial charge in [-0.15, -0.1) is 11.3 Å². The highest BCUT2D eigenvalue weighted by Gasteiger charge is 2.17. The summed E-state index contributed by atoms with van der Waals surface area (Å²) in [7, 11) is -3.75. The lowest BCUT2D eigenvalue weighted by Crippen LogP contribution is -2.10. The first kappa shape index (κ1) is 26.3. The van der Waals surface area contributed by atoms with Crippen LogP contribution in [0.3, 0.4) is 0 Å². The third-order valence-electron chi connectivity index (χ3n) is 3.29. The molecule has 0 radical (unpaired) electrons. The van der Waals surface area contributed by atoms with E-state index < -0.39 is 10.1 Å². The Morgan fingerprint density at radius 1 is 1.29 bits per heavy atom. The molecule has 0 aromatic carbocycles. The van der Waals surface area contributed by atoms with Crippen LogP contribution in [0.4, 0.5) is 0 Å². The maximum Gasteiger partial charge on any atom is 0.296 e. The molecule has 7 heteroatoms. The fourth-order valence-electron chi connectivity index (χ4n) is 2.04. The number of hydrogen-bond acceptors (Lipinski definition) is 6. The summed E-state index contributed by atoms with van der Waals surface area (Å²) in [5, 5.41) is 1.95. The zero-order chi connectivity index (χ0) is 21.6. The number of nitrogens with zero attached hydrogens (tertiary/aromatic N) is 1. The fourth-order valence-corrected chi connectivity index (χ4v) is 3.68. The number of oxazole rings is 1. The van der Waals surface area contributed by atoms with Gasteiger partial charge in [0.25, 0.3) is 10.1 Å². The van der Waals surface area contributed by atoms with Gasteiger partial charge in [0.2, 0.25) is 5.89 Å². The summed E-state index contributed by atoms with van der Waals surface area (Å²) in [6.07, 6.45) is 6.00. The molecule has 0 N–H and O–H groups in total. The molecule has 0 aliphatic carbocycles. The summed E-state index contributed by atoms with van der Waals surface area (Å²) in [6, 6.07) is 3.86. The zero-order valence-corrected chi connectivity index (χ0v) is 19.6. The molecule has 158 valence electrons. The maximum absolute atomic E-state index is 12.2. The number of rotatable bonds is 8. The van der Waals surface area contributed by atoms with Gasteiger partial charge < -0.3 is 4.42 Å². The Bertz CT molecular complexity index is 817. The van der Waals surface area contributed by atoms with E-state index in [0.29, 0.717) is 23.8 Å². The van der Waals surface area contributed by atoms with Crippen molar-refractivity contribution in [2.45, 2.75) is 61.3 Å². The smallest absolute Gasteiger partial charge is 0.296 e. The van der Waals surface area contributed by atoms with Gasteiger partial charge in [-0.1, -0.05) is 52.8 Å². The van der Waals surface area contributed by atoms with E-state index in [-0.39, 0.29) is 11.5 Å². The van der Waals surface area contributed by atoms with Gasteiger partial charge in [0.1, 0.15) is 5.76 Å². The summed E-state index contributed by atoms with van der Waals surface area (Å²) >= 11 is 1.54. The molecule has 0 aliphatic rings. The quantitative estimate of drug-likeness (QED) is 0.354. The first-order valence-corrected chi connectivity index (χ1v) is 12.0. The third-order valence-corrected chi connectivity index (χ3v) is 5.58. The molecule has 0 amide bonds. The predicted octanol–water partition coefficient (Wildman–Crippen LogP) is 6.52. The second-order valence-corrected chi connectivity index (χ2v) is 7.59. The average Bonchev–Trinajstić information content (AvgIpc) is 3.36. The lowest BCUT2D eigenvalue weighted by atomic mass is 10.3. The number of aryl methyl sites for hydroxylation is 1. The van der Waals surface area contributed by atoms with Gasteiger partial charge in [0, 0.05) is 6.42 Å². The second-order valence-electron chi connectivity index (χ2n) is 5.03. The van der Waals surface area contributed by atoms with Crippen molar-refractivity contribution in [3.8, 4) is 10.8 Å². The minimum absolute atomic E-state index is 0.0247. The molecule has 2 heterocycles. The molecule has 2 aromatic heterocycles. The van der Waals surface area contributed by atoms with Crippen LogP contribution in [-0.2, 0) is 20.7 Å². The van der Waals surface area contributed by atoms with Crippen LogP contribution in [0.15, 0.2) is 45.1 Å². The van der Waals surface area contributed by atoms with Crippen LogP contribution in [0.2, 0.25) is 0 Å². The van der Waals surface area contributed by atoms with E-state index in [1.165, 1.54) is 6.08 Å². The van der Waals surface area contributed by atoms with Crippen molar-refractivity contribution in [1.82, 2.24) is 4.98 Å². The molecular formula is C21H33NO4S2. The van der Waals surface area contributed by atoms with Crippen LogP contribution in [0.25, 0.3) is 10.8 Å². The Labute approximate surface area is 174 Å². The molecule has 5 nitrogen and oxygen atoms in total. The molecular weight excluding hydrogens is 394 g/mol. The van der Waals surface area contributed by atoms with Crippen LogP contribution in [0, 0.1) is 6.92 Å². The molecule has 0 spiro atoms. The van der Waals surface area contributed by atoms with E-state index in [0.717, 1.165) is 11.3 Å². The Hall–Kier alpha value is -1.70. The molecule has 0 unspecified atom stereocenters. The van der Waals surface area contributed by atoms with Crippen molar-refractivity contribution >= 4 is 21.5 Å². The Morgan fingerprint density at radius 2 is 1.96 bits per heavy atom. The number of thiophene rings is 1. The monoisotopic (exact) mass is 427 g/mol. The summed E-state index contributed by atoms with van der Waals surface area (Å²) in [6.45, 7) is 13.5. The summed E-state index contributed by atoms with van der Waals surface area (Å²) in [5.74, 6) is 1.23. The highest BCUT2D eigenvalue weighted by Crippen LogP contribution is 2.26. The molecule has 0 atom stereocenters. The summed E-state index contributed by atoms with van der Waals surface area (Å²) in [5.41, 5.74) is 0.708. The molecule has 28 heavy (non-hydrogen) atoms. The van der Waals surface area contributed by atoms with Gasteiger partial charge in [0.15, 0.2) is 0 Å². The van der Waals surface area contributed by atoms with Gasteiger partial charge in [-0.25, -0.2) is 4.98 Å². The third kappa shape index (κ3) is 8.12. The standard InChI is InChI=1S/C17H21NO4S2.2C2H6/c1-4-6-8-14(5-2)24(19,20)21-11-10-15-13(3)22-17(18-15)16-9-7-12-23-16;2*1-2/h5-9,12H,4,10-11H2,1-3H3;2*1-2H3/b8-6-,14-5+;;. The number of aromatic nitrogens is 1. The molecule has 0 bridgehead atoms. The molecule has 0 saturated heterocycles. The van der Waals surface area contributed by atoms with Crippen molar-refractivity contribution < 1.29 is 17.0 Å². The minimum Gasteiger partial charge on any atom is -0.440 e. The molecule has 2 aromatic rings. The number of allylic oxidation sites excluding steroid dienone is 3. The molecule has 0 aliphatic heterocycles. The Morgan fingerprint density at radius 3 is 2.50 bits per heavy atom. The first-order chi connectivity index (χ1) is 13.5. The minimum atomic E-state index is -3.75. The maximum atomic E-state index is 12.2. The number of hydrogen-bond donors (Lipinski definition) is 0. The van der Waals surface area contributed by atoms with E-state index in [4.69, 9.17) is 8.60 Å². The van der Waals surface area contributed by atoms with Gasteiger partial charge in [-0.05, 0) is 37.8 Å². The predicted molar refractivity (Wildman–Crippen MR) is 119 cm³/mol. The molecule has 2 rings (SSSR count). The molecule has 0 fully saturated rings. The van der Waals surface area contributed by atoms with Gasteiger partial charge in [-0.2, -0.15) is 8.42 Å². The van der Waals surface area contributed by atoms with Crippen molar-refractivity contribution in [2.24, 2.45) is 0 Å². The zero-order valence-electron chi connectivity index (χ0n) is 18.0. The SMILES string of the molecule is C/C=C(\C=C/CC)S(=O)(=O)OCCc1nc(-c2cccs2)oc1C.CC.CC.